The molecule has 1 fully saturated rings. The lowest BCUT2D eigenvalue weighted by Gasteiger charge is -2.27. The number of hydrazone groups is 1. The molecule has 0 bridgehead atoms. The number of aromatic nitrogens is 1. The fraction of sp³-hybridized carbons (Fsp3) is 0.294. The smallest absolute Gasteiger partial charge is 0.287 e. The Labute approximate surface area is 143 Å². The average molecular weight is 375 g/mol. The quantitative estimate of drug-likeness (QED) is 0.807. The summed E-state index contributed by atoms with van der Waals surface area (Å²) in [5.41, 5.74) is 5.51. The summed E-state index contributed by atoms with van der Waals surface area (Å²) in [6.07, 6.45) is 3.51. The van der Waals surface area contributed by atoms with E-state index in [2.05, 4.69) is 60.6 Å². The highest BCUT2D eigenvalue weighted by molar-refractivity contribution is 9.10. The number of likely N-dealkylation sites (tertiary alicyclic amines) is 1. The largest absolute Gasteiger partial charge is 0.356 e. The number of rotatable bonds is 4. The van der Waals surface area contributed by atoms with Gasteiger partial charge in [-0.2, -0.15) is 5.10 Å². The second-order valence-corrected chi connectivity index (χ2v) is 6.53. The molecule has 1 saturated heterocycles. The highest BCUT2D eigenvalue weighted by Crippen LogP contribution is 2.12. The molecule has 1 aromatic carbocycles. The Kier molecular flexibility index (Phi) is 5.25. The zero-order chi connectivity index (χ0) is 16.1. The minimum Gasteiger partial charge on any atom is -0.356 e. The van der Waals surface area contributed by atoms with Gasteiger partial charge in [-0.25, -0.2) is 5.43 Å². The van der Waals surface area contributed by atoms with Crippen molar-refractivity contribution in [1.29, 1.82) is 0 Å². The molecule has 23 heavy (non-hydrogen) atoms. The maximum atomic E-state index is 11.9. The SMILES string of the molecule is O=C(NN=C1CCN(Cc2ccccc2)CC1)c1cc(Br)c[nH]1. The number of hydrogen-bond acceptors (Lipinski definition) is 3. The Balaban J connectivity index is 1.47. The van der Waals surface area contributed by atoms with Crippen molar-refractivity contribution in [2.75, 3.05) is 13.1 Å². The molecule has 0 atom stereocenters. The Hall–Kier alpha value is -1.92. The summed E-state index contributed by atoms with van der Waals surface area (Å²) in [6.45, 7) is 2.91. The molecular weight excluding hydrogens is 356 g/mol. The Morgan fingerprint density at radius 3 is 2.65 bits per heavy atom. The number of piperidine rings is 1. The van der Waals surface area contributed by atoms with Crippen molar-refractivity contribution in [2.24, 2.45) is 5.10 Å². The van der Waals surface area contributed by atoms with Gasteiger partial charge < -0.3 is 4.98 Å². The number of nitrogens with one attached hydrogen (secondary N) is 2. The molecule has 0 aliphatic carbocycles. The minimum absolute atomic E-state index is 0.213. The molecule has 1 aliphatic heterocycles. The molecule has 0 radical (unpaired) electrons. The van der Waals surface area contributed by atoms with E-state index in [1.54, 1.807) is 12.3 Å². The van der Waals surface area contributed by atoms with Gasteiger partial charge in [0.2, 0.25) is 0 Å². The molecule has 2 aromatic rings. The van der Waals surface area contributed by atoms with Gasteiger partial charge in [0.1, 0.15) is 5.69 Å². The summed E-state index contributed by atoms with van der Waals surface area (Å²) in [6, 6.07) is 12.2. The van der Waals surface area contributed by atoms with Gasteiger partial charge in [-0.05, 0) is 27.6 Å². The monoisotopic (exact) mass is 374 g/mol. The second-order valence-electron chi connectivity index (χ2n) is 5.61. The van der Waals surface area contributed by atoms with Gasteiger partial charge >= 0.3 is 0 Å². The van der Waals surface area contributed by atoms with E-state index < -0.39 is 0 Å². The third-order valence-corrected chi connectivity index (χ3v) is 4.35. The van der Waals surface area contributed by atoms with Crippen LogP contribution in [0.2, 0.25) is 0 Å². The summed E-state index contributed by atoms with van der Waals surface area (Å²) in [5.74, 6) is -0.213. The number of benzene rings is 1. The normalized spacial score (nSPS) is 15.4. The molecule has 5 nitrogen and oxygen atoms in total. The molecule has 3 rings (SSSR count). The van der Waals surface area contributed by atoms with Gasteiger partial charge in [-0.3, -0.25) is 9.69 Å². The third kappa shape index (κ3) is 4.53. The number of H-pyrrole nitrogens is 1. The van der Waals surface area contributed by atoms with Crippen molar-refractivity contribution in [3.8, 4) is 0 Å². The van der Waals surface area contributed by atoms with Crippen LogP contribution in [0.5, 0.6) is 0 Å². The van der Waals surface area contributed by atoms with Crippen LogP contribution in [0.15, 0.2) is 52.2 Å². The number of amides is 1. The number of hydrogen-bond donors (Lipinski definition) is 2. The molecular formula is C17H19BrN4O. The fourth-order valence-corrected chi connectivity index (χ4v) is 2.96. The Morgan fingerprint density at radius 1 is 1.26 bits per heavy atom. The molecule has 0 spiro atoms. The Bertz CT molecular complexity index is 686. The number of nitrogens with zero attached hydrogens (tertiary/aromatic N) is 2. The average Bonchev–Trinajstić information content (AvgIpc) is 3.01. The first kappa shape index (κ1) is 16.0. The molecule has 1 amide bonds. The van der Waals surface area contributed by atoms with E-state index in [0.29, 0.717) is 5.69 Å². The predicted octanol–water partition coefficient (Wildman–Crippen LogP) is 3.16. The maximum absolute atomic E-state index is 11.9. The first-order valence-electron chi connectivity index (χ1n) is 7.67. The first-order valence-corrected chi connectivity index (χ1v) is 8.46. The van der Waals surface area contributed by atoms with Crippen LogP contribution in [0, 0.1) is 0 Å². The van der Waals surface area contributed by atoms with E-state index >= 15 is 0 Å². The molecule has 1 aliphatic rings. The van der Waals surface area contributed by atoms with Gasteiger partial charge in [0, 0.05) is 48.9 Å². The van der Waals surface area contributed by atoms with E-state index in [0.717, 1.165) is 42.7 Å². The van der Waals surface area contributed by atoms with E-state index in [9.17, 15) is 4.79 Å². The first-order chi connectivity index (χ1) is 11.2. The summed E-state index contributed by atoms with van der Waals surface area (Å²) >= 11 is 3.31. The summed E-state index contributed by atoms with van der Waals surface area (Å²) in [5, 5.41) is 4.27. The van der Waals surface area contributed by atoms with Crippen molar-refractivity contribution in [3.63, 3.8) is 0 Å². The van der Waals surface area contributed by atoms with Gasteiger partial charge in [-0.1, -0.05) is 30.3 Å². The van der Waals surface area contributed by atoms with Gasteiger partial charge in [0.05, 0.1) is 0 Å². The maximum Gasteiger partial charge on any atom is 0.287 e. The van der Waals surface area contributed by atoms with E-state index in [4.69, 9.17) is 0 Å². The molecule has 0 unspecified atom stereocenters. The van der Waals surface area contributed by atoms with Crippen molar-refractivity contribution >= 4 is 27.5 Å². The van der Waals surface area contributed by atoms with Gasteiger partial charge in [-0.15, -0.1) is 0 Å². The summed E-state index contributed by atoms with van der Waals surface area (Å²) in [7, 11) is 0. The van der Waals surface area contributed by atoms with Crippen molar-refractivity contribution in [1.82, 2.24) is 15.3 Å². The van der Waals surface area contributed by atoms with E-state index in [-0.39, 0.29) is 5.91 Å². The lowest BCUT2D eigenvalue weighted by atomic mass is 10.1. The summed E-state index contributed by atoms with van der Waals surface area (Å²) < 4.78 is 0.851. The molecule has 6 heteroatoms. The number of halogens is 1. The topological polar surface area (TPSA) is 60.5 Å². The standard InChI is InChI=1S/C17H19BrN4O/c18-14-10-16(19-11-14)17(23)21-20-15-6-8-22(9-7-15)12-13-4-2-1-3-5-13/h1-5,10-11,19H,6-9,12H2,(H,21,23). The fourth-order valence-electron chi connectivity index (χ4n) is 2.61. The number of aromatic amines is 1. The highest BCUT2D eigenvalue weighted by Gasteiger charge is 2.16. The zero-order valence-electron chi connectivity index (χ0n) is 12.8. The molecule has 2 heterocycles. The minimum atomic E-state index is -0.213. The van der Waals surface area contributed by atoms with Crippen molar-refractivity contribution < 1.29 is 4.79 Å². The number of carbonyl (C=O) groups excluding carboxylic acids is 1. The van der Waals surface area contributed by atoms with E-state index in [1.165, 1.54) is 5.56 Å². The van der Waals surface area contributed by atoms with Crippen LogP contribution in [-0.2, 0) is 6.54 Å². The van der Waals surface area contributed by atoms with Crippen LogP contribution in [0.25, 0.3) is 0 Å². The van der Waals surface area contributed by atoms with Gasteiger partial charge in [0.15, 0.2) is 0 Å². The van der Waals surface area contributed by atoms with Crippen LogP contribution >= 0.6 is 15.9 Å². The molecule has 0 saturated carbocycles. The van der Waals surface area contributed by atoms with E-state index in [1.807, 2.05) is 6.07 Å². The second kappa shape index (κ2) is 7.57. The summed E-state index contributed by atoms with van der Waals surface area (Å²) in [4.78, 5) is 17.2. The van der Waals surface area contributed by atoms with Crippen LogP contribution < -0.4 is 5.43 Å². The van der Waals surface area contributed by atoms with Crippen LogP contribution in [0.4, 0.5) is 0 Å². The lowest BCUT2D eigenvalue weighted by Crippen LogP contribution is -2.34. The molecule has 1 aromatic heterocycles. The van der Waals surface area contributed by atoms with Crippen molar-refractivity contribution in [3.05, 3.63) is 58.3 Å². The van der Waals surface area contributed by atoms with Crippen LogP contribution in [-0.4, -0.2) is 34.6 Å². The zero-order valence-corrected chi connectivity index (χ0v) is 14.3. The van der Waals surface area contributed by atoms with Crippen LogP contribution in [0.3, 0.4) is 0 Å². The molecule has 2 N–H and O–H groups in total. The number of carbonyl (C=O) groups is 1. The van der Waals surface area contributed by atoms with Gasteiger partial charge in [0.25, 0.3) is 5.91 Å². The highest BCUT2D eigenvalue weighted by atomic mass is 79.9. The lowest BCUT2D eigenvalue weighted by molar-refractivity contribution is 0.0950. The third-order valence-electron chi connectivity index (χ3n) is 3.89. The van der Waals surface area contributed by atoms with Crippen molar-refractivity contribution in [2.45, 2.75) is 19.4 Å². The molecule has 120 valence electrons. The van der Waals surface area contributed by atoms with Crippen LogP contribution in [0.1, 0.15) is 28.9 Å². The Morgan fingerprint density at radius 2 is 2.00 bits per heavy atom. The predicted molar refractivity (Wildman–Crippen MR) is 94.3 cm³/mol.